The van der Waals surface area contributed by atoms with Gasteiger partial charge in [-0.3, -0.25) is 10.1 Å². The number of nitrogens with one attached hydrogen (secondary N) is 1. The van der Waals surface area contributed by atoms with Gasteiger partial charge in [0.25, 0.3) is 5.56 Å². The van der Waals surface area contributed by atoms with Gasteiger partial charge in [0, 0.05) is 0 Å². The van der Waals surface area contributed by atoms with Gasteiger partial charge in [-0.1, -0.05) is 23.4 Å². The van der Waals surface area contributed by atoms with E-state index in [9.17, 15) is 27.2 Å². The van der Waals surface area contributed by atoms with E-state index in [0.717, 1.165) is 18.2 Å². The molecule has 0 bridgehead atoms. The van der Waals surface area contributed by atoms with Crippen LogP contribution in [0.1, 0.15) is 31.9 Å². The molecule has 0 aliphatic rings. The summed E-state index contributed by atoms with van der Waals surface area (Å²) in [5.74, 6) is -0.878. The van der Waals surface area contributed by atoms with Gasteiger partial charge in [0.2, 0.25) is 0 Å². The minimum absolute atomic E-state index is 0.108. The number of nitrogens with zero attached hydrogens (tertiary/aromatic N) is 3. The van der Waals surface area contributed by atoms with E-state index < -0.39 is 46.9 Å². The average molecular weight is 438 g/mol. The van der Waals surface area contributed by atoms with Gasteiger partial charge in [0.1, 0.15) is 11.1 Å². The Balaban J connectivity index is 2.08. The van der Waals surface area contributed by atoms with Gasteiger partial charge >= 0.3 is 12.3 Å². The number of aromatic nitrogens is 3. The van der Waals surface area contributed by atoms with Crippen molar-refractivity contribution in [1.29, 1.82) is 0 Å². The molecule has 11 heteroatoms. The number of anilines is 1. The first-order chi connectivity index (χ1) is 14.4. The summed E-state index contributed by atoms with van der Waals surface area (Å²) in [5.41, 5.74) is -3.45. The van der Waals surface area contributed by atoms with E-state index in [2.05, 4.69) is 15.6 Å². The predicted octanol–water partition coefficient (Wildman–Crippen LogP) is 4.34. The zero-order chi connectivity index (χ0) is 23.0. The molecule has 0 aliphatic heterocycles. The molecule has 164 valence electrons. The van der Waals surface area contributed by atoms with Gasteiger partial charge in [0.05, 0.1) is 23.2 Å². The molecule has 0 saturated carbocycles. The largest absolute Gasteiger partial charge is 0.444 e. The second kappa shape index (κ2) is 7.97. The minimum Gasteiger partial charge on any atom is -0.444 e. The van der Waals surface area contributed by atoms with Crippen LogP contribution in [0.5, 0.6) is 0 Å². The molecule has 3 rings (SSSR count). The van der Waals surface area contributed by atoms with Crippen LogP contribution in [-0.4, -0.2) is 26.7 Å². The molecule has 0 atom stereocenters. The van der Waals surface area contributed by atoms with Crippen LogP contribution in [0.15, 0.2) is 41.2 Å². The summed E-state index contributed by atoms with van der Waals surface area (Å²) in [6.45, 7) is 4.34. The molecule has 31 heavy (non-hydrogen) atoms. The number of hydrogen-bond acceptors (Lipinski definition) is 5. The Labute approximate surface area is 173 Å². The fourth-order valence-corrected chi connectivity index (χ4v) is 2.87. The highest BCUT2D eigenvalue weighted by atomic mass is 19.4. The number of rotatable bonds is 3. The third-order valence-corrected chi connectivity index (χ3v) is 4.11. The van der Waals surface area contributed by atoms with Crippen LogP contribution in [-0.2, 0) is 17.5 Å². The number of benzene rings is 2. The van der Waals surface area contributed by atoms with Crippen LogP contribution in [0.4, 0.5) is 28.0 Å². The molecule has 0 saturated heterocycles. The zero-order valence-corrected chi connectivity index (χ0v) is 16.7. The maximum atomic E-state index is 14.2. The van der Waals surface area contributed by atoms with Crippen LogP contribution in [0.25, 0.3) is 10.9 Å². The topological polar surface area (TPSA) is 86.1 Å². The van der Waals surface area contributed by atoms with E-state index in [0.29, 0.717) is 4.68 Å². The third kappa shape index (κ3) is 4.98. The SMILES string of the molecule is CC(C)(C)OC(=O)Nc1ccc(F)c2nnn(Cc3ccccc3C(F)(F)F)c(=O)c12. The number of carbonyl (C=O) groups excluding carboxylic acids is 1. The summed E-state index contributed by atoms with van der Waals surface area (Å²) in [5, 5.41) is 9.21. The van der Waals surface area contributed by atoms with Gasteiger partial charge in [-0.25, -0.2) is 13.9 Å². The van der Waals surface area contributed by atoms with Gasteiger partial charge in [0.15, 0.2) is 5.82 Å². The van der Waals surface area contributed by atoms with Crippen molar-refractivity contribution < 1.29 is 27.1 Å². The molecular weight excluding hydrogens is 420 g/mol. The number of halogens is 4. The molecule has 3 aromatic rings. The molecular formula is C20H18F4N4O3. The van der Waals surface area contributed by atoms with Gasteiger partial charge < -0.3 is 4.74 Å². The molecule has 1 aromatic heterocycles. The Morgan fingerprint density at radius 2 is 1.81 bits per heavy atom. The number of hydrogen-bond donors (Lipinski definition) is 1. The predicted molar refractivity (Wildman–Crippen MR) is 104 cm³/mol. The standard InChI is InChI=1S/C20H18F4N4O3/c1-19(2,3)31-18(30)25-14-9-8-13(21)16-15(14)17(29)28(27-26-16)10-11-6-4-5-7-12(11)20(22,23)24/h4-9H,10H2,1-3H3,(H,25,30). The van der Waals surface area contributed by atoms with Crippen molar-refractivity contribution in [1.82, 2.24) is 15.0 Å². The normalized spacial score (nSPS) is 12.1. The summed E-state index contributed by atoms with van der Waals surface area (Å²) in [6.07, 6.45) is -5.54. The number of carbonyl (C=O) groups is 1. The number of alkyl halides is 3. The molecule has 0 radical (unpaired) electrons. The van der Waals surface area contributed by atoms with Gasteiger partial charge in [-0.05, 0) is 44.5 Å². The van der Waals surface area contributed by atoms with E-state index in [1.165, 1.54) is 18.2 Å². The first-order valence-corrected chi connectivity index (χ1v) is 9.08. The van der Waals surface area contributed by atoms with Crippen LogP contribution in [0, 0.1) is 5.82 Å². The second-order valence-corrected chi connectivity index (χ2v) is 7.65. The monoisotopic (exact) mass is 438 g/mol. The maximum absolute atomic E-state index is 14.2. The fourth-order valence-electron chi connectivity index (χ4n) is 2.87. The Bertz CT molecular complexity index is 1200. The molecule has 0 unspecified atom stereocenters. The summed E-state index contributed by atoms with van der Waals surface area (Å²) >= 11 is 0. The Morgan fingerprint density at radius 3 is 2.45 bits per heavy atom. The number of amides is 1. The van der Waals surface area contributed by atoms with Crippen molar-refractivity contribution in [3.05, 3.63) is 63.7 Å². The summed E-state index contributed by atoms with van der Waals surface area (Å²) in [7, 11) is 0. The van der Waals surface area contributed by atoms with Crippen molar-refractivity contribution in [2.45, 2.75) is 39.1 Å². The van der Waals surface area contributed by atoms with Crippen LogP contribution >= 0.6 is 0 Å². The average Bonchev–Trinajstić information content (AvgIpc) is 2.64. The zero-order valence-electron chi connectivity index (χ0n) is 16.7. The van der Waals surface area contributed by atoms with Crippen LogP contribution < -0.4 is 10.9 Å². The van der Waals surface area contributed by atoms with E-state index in [1.807, 2.05) is 0 Å². The van der Waals surface area contributed by atoms with E-state index in [-0.39, 0.29) is 16.6 Å². The Hall–Kier alpha value is -3.50. The summed E-state index contributed by atoms with van der Waals surface area (Å²) in [6, 6.07) is 6.81. The lowest BCUT2D eigenvalue weighted by molar-refractivity contribution is -0.138. The maximum Gasteiger partial charge on any atom is 0.416 e. The number of fused-ring (bicyclic) bond motifs is 1. The summed E-state index contributed by atoms with van der Waals surface area (Å²) < 4.78 is 59.8. The number of ether oxygens (including phenoxy) is 1. The van der Waals surface area contributed by atoms with Gasteiger partial charge in [-0.2, -0.15) is 13.2 Å². The van der Waals surface area contributed by atoms with E-state index in [1.54, 1.807) is 20.8 Å². The lowest BCUT2D eigenvalue weighted by Gasteiger charge is -2.20. The molecule has 0 fully saturated rings. The molecule has 1 amide bonds. The van der Waals surface area contributed by atoms with Crippen LogP contribution in [0.2, 0.25) is 0 Å². The van der Waals surface area contributed by atoms with Gasteiger partial charge in [-0.15, -0.1) is 5.10 Å². The first-order valence-electron chi connectivity index (χ1n) is 9.08. The van der Waals surface area contributed by atoms with Crippen molar-refractivity contribution in [3.8, 4) is 0 Å². The highest BCUT2D eigenvalue weighted by Crippen LogP contribution is 2.32. The molecule has 7 nitrogen and oxygen atoms in total. The molecule has 1 heterocycles. The lowest BCUT2D eigenvalue weighted by atomic mass is 10.1. The Morgan fingerprint density at radius 1 is 1.13 bits per heavy atom. The lowest BCUT2D eigenvalue weighted by Crippen LogP contribution is -2.29. The van der Waals surface area contributed by atoms with E-state index >= 15 is 0 Å². The van der Waals surface area contributed by atoms with Crippen molar-refractivity contribution in [3.63, 3.8) is 0 Å². The smallest absolute Gasteiger partial charge is 0.416 e. The Kier molecular flexibility index (Phi) is 5.70. The molecule has 1 N–H and O–H groups in total. The summed E-state index contributed by atoms with van der Waals surface area (Å²) in [4.78, 5) is 25.1. The van der Waals surface area contributed by atoms with Crippen molar-refractivity contribution in [2.75, 3.05) is 5.32 Å². The highest BCUT2D eigenvalue weighted by molar-refractivity contribution is 5.98. The van der Waals surface area contributed by atoms with Crippen molar-refractivity contribution in [2.24, 2.45) is 0 Å². The molecule has 2 aromatic carbocycles. The fraction of sp³-hybridized carbons (Fsp3) is 0.300. The third-order valence-electron chi connectivity index (χ3n) is 4.11. The highest BCUT2D eigenvalue weighted by Gasteiger charge is 2.33. The first kappa shape index (κ1) is 22.2. The quantitative estimate of drug-likeness (QED) is 0.615. The molecule has 0 aliphatic carbocycles. The second-order valence-electron chi connectivity index (χ2n) is 7.65. The van der Waals surface area contributed by atoms with E-state index in [4.69, 9.17) is 4.74 Å². The molecule has 0 spiro atoms. The van der Waals surface area contributed by atoms with Crippen molar-refractivity contribution >= 4 is 22.7 Å². The minimum atomic E-state index is -4.64. The van der Waals surface area contributed by atoms with Crippen LogP contribution in [0.3, 0.4) is 0 Å².